The maximum atomic E-state index is 12.0. The molecule has 0 unspecified atom stereocenters. The third-order valence-electron chi connectivity index (χ3n) is 2.08. The Morgan fingerprint density at radius 3 is 2.81 bits per heavy atom. The second kappa shape index (κ2) is 6.43. The van der Waals surface area contributed by atoms with Crippen molar-refractivity contribution in [2.75, 3.05) is 13.3 Å². The summed E-state index contributed by atoms with van der Waals surface area (Å²) in [5.41, 5.74) is 1.77. The number of halogens is 1. The minimum Gasteiger partial charge on any atom is -0.489 e. The molecule has 0 bridgehead atoms. The number of nitrogens with one attached hydrogen (secondary N) is 1. The summed E-state index contributed by atoms with van der Waals surface area (Å²) in [6.45, 7) is 6.30. The molecule has 90 valence electrons. The van der Waals surface area contributed by atoms with Crippen LogP contribution in [0.1, 0.15) is 25.2 Å². The van der Waals surface area contributed by atoms with E-state index in [1.165, 1.54) is 0 Å². The lowest BCUT2D eigenvalue weighted by Gasteiger charge is -2.12. The zero-order valence-electron chi connectivity index (χ0n) is 10.1. The van der Waals surface area contributed by atoms with Crippen LogP contribution in [0.25, 0.3) is 0 Å². The fourth-order valence-electron chi connectivity index (χ4n) is 1.31. The third-order valence-corrected chi connectivity index (χ3v) is 2.08. The van der Waals surface area contributed by atoms with E-state index in [2.05, 4.69) is 24.1 Å². The Bertz CT molecular complexity index is 329. The van der Waals surface area contributed by atoms with Gasteiger partial charge in [-0.05, 0) is 19.1 Å². The maximum Gasteiger partial charge on any atom is 0.142 e. The van der Waals surface area contributed by atoms with Gasteiger partial charge in [0.2, 0.25) is 0 Å². The van der Waals surface area contributed by atoms with Crippen LogP contribution in [0.15, 0.2) is 12.1 Å². The highest BCUT2D eigenvalue weighted by Crippen LogP contribution is 2.16. The molecule has 1 aromatic rings. The highest BCUT2D eigenvalue weighted by atomic mass is 19.1. The lowest BCUT2D eigenvalue weighted by molar-refractivity contribution is 0.269. The van der Waals surface area contributed by atoms with E-state index in [9.17, 15) is 4.39 Å². The van der Waals surface area contributed by atoms with Gasteiger partial charge in [0.1, 0.15) is 19.0 Å². The quantitative estimate of drug-likeness (QED) is 0.807. The Kier molecular flexibility index (Phi) is 5.19. The fraction of sp³-hybridized carbons (Fsp3) is 0.583. The average Bonchev–Trinajstić information content (AvgIpc) is 2.25. The largest absolute Gasteiger partial charge is 0.489 e. The Morgan fingerprint density at radius 1 is 1.44 bits per heavy atom. The van der Waals surface area contributed by atoms with Gasteiger partial charge in [-0.15, -0.1) is 0 Å². The summed E-state index contributed by atoms with van der Waals surface area (Å²) < 4.78 is 17.3. The van der Waals surface area contributed by atoms with Crippen molar-refractivity contribution in [1.29, 1.82) is 0 Å². The van der Waals surface area contributed by atoms with Crippen molar-refractivity contribution in [3.05, 3.63) is 23.5 Å². The second-order valence-corrected chi connectivity index (χ2v) is 3.97. The molecule has 0 aliphatic heterocycles. The van der Waals surface area contributed by atoms with Crippen molar-refractivity contribution in [2.45, 2.75) is 33.4 Å². The van der Waals surface area contributed by atoms with Gasteiger partial charge in [-0.2, -0.15) is 0 Å². The summed E-state index contributed by atoms with van der Waals surface area (Å²) in [5, 5.41) is 3.27. The molecular formula is C12H19FN2O. The number of hydrogen-bond donors (Lipinski definition) is 1. The van der Waals surface area contributed by atoms with Gasteiger partial charge in [0.05, 0.1) is 5.69 Å². The van der Waals surface area contributed by atoms with Crippen molar-refractivity contribution in [2.24, 2.45) is 0 Å². The van der Waals surface area contributed by atoms with Crippen LogP contribution < -0.4 is 10.1 Å². The van der Waals surface area contributed by atoms with Gasteiger partial charge in [0.25, 0.3) is 0 Å². The summed E-state index contributed by atoms with van der Waals surface area (Å²) in [7, 11) is 0. The molecule has 4 heteroatoms. The van der Waals surface area contributed by atoms with E-state index >= 15 is 0 Å². The zero-order chi connectivity index (χ0) is 12.0. The number of aromatic nitrogens is 1. The number of ether oxygens (including phenoxy) is 1. The summed E-state index contributed by atoms with van der Waals surface area (Å²) in [4.78, 5) is 4.39. The molecule has 0 spiro atoms. The molecule has 1 aromatic heterocycles. The molecule has 0 amide bonds. The molecule has 1 N–H and O–H groups in total. The van der Waals surface area contributed by atoms with E-state index in [0.717, 1.165) is 11.4 Å². The summed E-state index contributed by atoms with van der Waals surface area (Å²) in [6, 6.07) is 4.10. The predicted octanol–water partition coefficient (Wildman–Crippen LogP) is 2.24. The van der Waals surface area contributed by atoms with Gasteiger partial charge in [-0.25, -0.2) is 4.39 Å². The number of nitrogens with zero attached hydrogens (tertiary/aromatic N) is 1. The minimum atomic E-state index is -0.481. The van der Waals surface area contributed by atoms with Crippen LogP contribution in [-0.2, 0) is 6.54 Å². The molecule has 0 aliphatic rings. The smallest absolute Gasteiger partial charge is 0.142 e. The number of rotatable bonds is 6. The Labute approximate surface area is 96.0 Å². The number of alkyl halides is 1. The predicted molar refractivity (Wildman–Crippen MR) is 62.4 cm³/mol. The Hall–Kier alpha value is -1.16. The molecule has 0 aromatic carbocycles. The van der Waals surface area contributed by atoms with Gasteiger partial charge in [0, 0.05) is 18.3 Å². The molecular weight excluding hydrogens is 207 g/mol. The van der Waals surface area contributed by atoms with Crippen LogP contribution in [0.3, 0.4) is 0 Å². The van der Waals surface area contributed by atoms with E-state index in [4.69, 9.17) is 4.74 Å². The lowest BCUT2D eigenvalue weighted by Crippen LogP contribution is -2.23. The zero-order valence-corrected chi connectivity index (χ0v) is 10.1. The lowest BCUT2D eigenvalue weighted by atomic mass is 10.2. The van der Waals surface area contributed by atoms with Crippen LogP contribution in [0.4, 0.5) is 4.39 Å². The van der Waals surface area contributed by atoms with Crippen LogP contribution in [0.5, 0.6) is 5.75 Å². The van der Waals surface area contributed by atoms with Crippen LogP contribution in [0.2, 0.25) is 0 Å². The van der Waals surface area contributed by atoms with Gasteiger partial charge < -0.3 is 10.1 Å². The standard InChI is InChI=1S/C12H19FN2O/c1-9(2)14-8-11-12(16-7-6-13)5-4-10(3)15-11/h4-5,9,14H,6-8H2,1-3H3. The van der Waals surface area contributed by atoms with Crippen molar-refractivity contribution in [3.8, 4) is 5.75 Å². The second-order valence-electron chi connectivity index (χ2n) is 3.97. The first-order valence-corrected chi connectivity index (χ1v) is 5.52. The summed E-state index contributed by atoms with van der Waals surface area (Å²) in [6.07, 6.45) is 0. The fourth-order valence-corrected chi connectivity index (χ4v) is 1.31. The first-order chi connectivity index (χ1) is 7.63. The molecule has 0 atom stereocenters. The molecule has 0 fully saturated rings. The first kappa shape index (κ1) is 12.9. The molecule has 0 aliphatic carbocycles. The summed E-state index contributed by atoms with van der Waals surface area (Å²) in [5.74, 6) is 0.663. The summed E-state index contributed by atoms with van der Waals surface area (Å²) >= 11 is 0. The topological polar surface area (TPSA) is 34.1 Å². The van der Waals surface area contributed by atoms with E-state index in [0.29, 0.717) is 18.3 Å². The SMILES string of the molecule is Cc1ccc(OCCF)c(CNC(C)C)n1. The van der Waals surface area contributed by atoms with Crippen LogP contribution in [0, 0.1) is 6.92 Å². The monoisotopic (exact) mass is 226 g/mol. The molecule has 1 rings (SSSR count). The normalized spacial score (nSPS) is 10.8. The Balaban J connectivity index is 2.72. The van der Waals surface area contributed by atoms with Gasteiger partial charge >= 0.3 is 0 Å². The highest BCUT2D eigenvalue weighted by Gasteiger charge is 2.06. The van der Waals surface area contributed by atoms with Crippen LogP contribution in [-0.4, -0.2) is 24.3 Å². The van der Waals surface area contributed by atoms with E-state index in [1.807, 2.05) is 19.1 Å². The highest BCUT2D eigenvalue weighted by molar-refractivity contribution is 5.29. The molecule has 16 heavy (non-hydrogen) atoms. The van der Waals surface area contributed by atoms with Crippen molar-refractivity contribution in [1.82, 2.24) is 10.3 Å². The molecule has 3 nitrogen and oxygen atoms in total. The number of pyridine rings is 1. The number of aryl methyl sites for hydroxylation is 1. The maximum absolute atomic E-state index is 12.0. The first-order valence-electron chi connectivity index (χ1n) is 5.52. The van der Waals surface area contributed by atoms with E-state index < -0.39 is 6.67 Å². The molecule has 0 saturated carbocycles. The minimum absolute atomic E-state index is 0.0828. The van der Waals surface area contributed by atoms with Gasteiger partial charge in [-0.1, -0.05) is 13.8 Å². The number of hydrogen-bond acceptors (Lipinski definition) is 3. The third kappa shape index (κ3) is 4.14. The molecule has 1 heterocycles. The Morgan fingerprint density at radius 2 is 2.19 bits per heavy atom. The van der Waals surface area contributed by atoms with E-state index in [1.54, 1.807) is 0 Å². The average molecular weight is 226 g/mol. The molecule has 0 saturated heterocycles. The molecule has 0 radical (unpaired) electrons. The van der Waals surface area contributed by atoms with Crippen molar-refractivity contribution >= 4 is 0 Å². The van der Waals surface area contributed by atoms with E-state index in [-0.39, 0.29) is 6.61 Å². The van der Waals surface area contributed by atoms with Crippen LogP contribution >= 0.6 is 0 Å². The van der Waals surface area contributed by atoms with Crippen molar-refractivity contribution < 1.29 is 9.13 Å². The van der Waals surface area contributed by atoms with Crippen molar-refractivity contribution in [3.63, 3.8) is 0 Å². The van der Waals surface area contributed by atoms with Gasteiger partial charge in [-0.3, -0.25) is 4.98 Å². The van der Waals surface area contributed by atoms with Gasteiger partial charge in [0.15, 0.2) is 0 Å².